The molecule has 2 amide bonds. The molecular weight excluding hydrogens is 365 g/mol. The number of carbonyl (C=O) groups is 2. The SMILES string of the molecule is CN1C(=O)COc2c(C(=O)NC3CC4CCN3CC4)cc(Cl)cc21.Cl. The summed E-state index contributed by atoms with van der Waals surface area (Å²) in [5.41, 5.74) is 0.925. The van der Waals surface area contributed by atoms with Gasteiger partial charge in [-0.05, 0) is 37.3 Å². The lowest BCUT2D eigenvalue weighted by atomic mass is 9.86. The predicted octanol–water partition coefficient (Wildman–Crippen LogP) is 2.29. The largest absolute Gasteiger partial charge is 0.481 e. The maximum atomic E-state index is 12.8. The van der Waals surface area contributed by atoms with Crippen LogP contribution in [0.4, 0.5) is 5.69 Å². The van der Waals surface area contributed by atoms with Crippen LogP contribution in [-0.2, 0) is 4.79 Å². The number of nitrogens with zero attached hydrogens (tertiary/aromatic N) is 2. The van der Waals surface area contributed by atoms with Crippen molar-refractivity contribution >= 4 is 41.5 Å². The molecule has 0 aromatic heterocycles. The number of halogens is 2. The molecule has 1 atom stereocenters. The summed E-state index contributed by atoms with van der Waals surface area (Å²) in [5, 5.41) is 3.53. The summed E-state index contributed by atoms with van der Waals surface area (Å²) in [6.45, 7) is 2.01. The second kappa shape index (κ2) is 7.02. The van der Waals surface area contributed by atoms with Crippen LogP contribution < -0.4 is 15.0 Å². The summed E-state index contributed by atoms with van der Waals surface area (Å²) in [4.78, 5) is 28.4. The van der Waals surface area contributed by atoms with Crippen molar-refractivity contribution in [3.63, 3.8) is 0 Å². The Morgan fingerprint density at radius 1 is 1.32 bits per heavy atom. The van der Waals surface area contributed by atoms with Crippen molar-refractivity contribution in [1.82, 2.24) is 10.2 Å². The molecule has 4 heterocycles. The summed E-state index contributed by atoms with van der Waals surface area (Å²) in [6, 6.07) is 3.26. The first-order valence-corrected chi connectivity index (χ1v) is 8.68. The Labute approximate surface area is 157 Å². The number of nitrogens with one attached hydrogen (secondary N) is 1. The van der Waals surface area contributed by atoms with Gasteiger partial charge in [-0.15, -0.1) is 12.4 Å². The molecule has 6 nitrogen and oxygen atoms in total. The van der Waals surface area contributed by atoms with E-state index in [1.165, 1.54) is 17.7 Å². The Morgan fingerprint density at radius 3 is 2.68 bits per heavy atom. The molecule has 2 bridgehead atoms. The van der Waals surface area contributed by atoms with E-state index in [0.29, 0.717) is 27.9 Å². The van der Waals surface area contributed by atoms with Crippen LogP contribution in [0.2, 0.25) is 5.02 Å². The monoisotopic (exact) mass is 385 g/mol. The highest BCUT2D eigenvalue weighted by atomic mass is 35.5. The van der Waals surface area contributed by atoms with Crippen molar-refractivity contribution in [2.24, 2.45) is 5.92 Å². The molecule has 3 fully saturated rings. The number of carbonyl (C=O) groups excluding carboxylic acids is 2. The molecule has 3 saturated heterocycles. The molecule has 4 aliphatic heterocycles. The van der Waals surface area contributed by atoms with Crippen molar-refractivity contribution in [2.45, 2.75) is 25.4 Å². The Hall–Kier alpha value is -1.50. The van der Waals surface area contributed by atoms with E-state index in [1.807, 2.05) is 0 Å². The van der Waals surface area contributed by atoms with Gasteiger partial charge in [-0.25, -0.2) is 0 Å². The number of hydrogen-bond acceptors (Lipinski definition) is 4. The topological polar surface area (TPSA) is 61.9 Å². The Kier molecular flexibility index (Phi) is 5.14. The molecule has 4 aliphatic rings. The molecule has 5 rings (SSSR count). The number of piperidine rings is 3. The fourth-order valence-electron chi connectivity index (χ4n) is 3.86. The molecule has 136 valence electrons. The van der Waals surface area contributed by atoms with E-state index in [0.717, 1.165) is 19.5 Å². The van der Waals surface area contributed by atoms with Gasteiger partial charge in [0.25, 0.3) is 11.8 Å². The summed E-state index contributed by atoms with van der Waals surface area (Å²) < 4.78 is 5.54. The minimum absolute atomic E-state index is 0. The molecule has 1 aromatic carbocycles. The molecule has 1 aromatic rings. The van der Waals surface area contributed by atoms with Crippen LogP contribution in [0.1, 0.15) is 29.6 Å². The average Bonchev–Trinajstić information content (AvgIpc) is 2.59. The van der Waals surface area contributed by atoms with Crippen LogP contribution >= 0.6 is 24.0 Å². The molecule has 8 heteroatoms. The number of ether oxygens (including phenoxy) is 1. The lowest BCUT2D eigenvalue weighted by molar-refractivity contribution is -0.121. The van der Waals surface area contributed by atoms with Gasteiger partial charge in [-0.2, -0.15) is 0 Å². The van der Waals surface area contributed by atoms with Gasteiger partial charge >= 0.3 is 0 Å². The molecule has 25 heavy (non-hydrogen) atoms. The molecule has 0 aliphatic carbocycles. The quantitative estimate of drug-likeness (QED) is 0.848. The number of rotatable bonds is 2. The van der Waals surface area contributed by atoms with Gasteiger partial charge in [0.15, 0.2) is 12.4 Å². The predicted molar refractivity (Wildman–Crippen MR) is 97.8 cm³/mol. The standard InChI is InChI=1S/C17H20ClN3O3.ClH/c1-20-13-8-11(18)7-12(16(13)24-9-15(20)22)17(23)19-14-6-10-2-4-21(14)5-3-10;/h7-8,10,14H,2-6,9H2,1H3,(H,19,23);1H. The second-order valence-corrected chi connectivity index (χ2v) is 7.18. The van der Waals surface area contributed by atoms with Crippen LogP contribution in [0.5, 0.6) is 5.75 Å². The van der Waals surface area contributed by atoms with E-state index < -0.39 is 0 Å². The fraction of sp³-hybridized carbons (Fsp3) is 0.529. The summed E-state index contributed by atoms with van der Waals surface area (Å²) >= 11 is 6.16. The summed E-state index contributed by atoms with van der Waals surface area (Å²) in [7, 11) is 1.66. The molecule has 1 unspecified atom stereocenters. The zero-order valence-electron chi connectivity index (χ0n) is 14.0. The minimum Gasteiger partial charge on any atom is -0.481 e. The highest BCUT2D eigenvalue weighted by molar-refractivity contribution is 6.31. The van der Waals surface area contributed by atoms with E-state index >= 15 is 0 Å². The van der Waals surface area contributed by atoms with E-state index in [-0.39, 0.29) is 37.0 Å². The third-order valence-corrected chi connectivity index (χ3v) is 5.52. The number of anilines is 1. The molecule has 1 N–H and O–H groups in total. The first-order chi connectivity index (χ1) is 11.5. The van der Waals surface area contributed by atoms with Gasteiger partial charge in [-0.1, -0.05) is 11.6 Å². The molecule has 0 radical (unpaired) electrons. The van der Waals surface area contributed by atoms with Crippen LogP contribution in [0.3, 0.4) is 0 Å². The lowest BCUT2D eigenvalue weighted by Gasteiger charge is -2.45. The van der Waals surface area contributed by atoms with Gasteiger partial charge in [0, 0.05) is 25.2 Å². The second-order valence-electron chi connectivity index (χ2n) is 6.75. The molecule has 0 saturated carbocycles. The zero-order valence-corrected chi connectivity index (χ0v) is 15.5. The smallest absolute Gasteiger partial charge is 0.264 e. The maximum Gasteiger partial charge on any atom is 0.264 e. The van der Waals surface area contributed by atoms with Crippen molar-refractivity contribution in [3.05, 3.63) is 22.7 Å². The third kappa shape index (κ3) is 3.30. The van der Waals surface area contributed by atoms with E-state index in [9.17, 15) is 9.59 Å². The normalized spacial score (nSPS) is 27.2. The van der Waals surface area contributed by atoms with Crippen LogP contribution in [0.25, 0.3) is 0 Å². The van der Waals surface area contributed by atoms with Gasteiger partial charge in [-0.3, -0.25) is 14.5 Å². The van der Waals surface area contributed by atoms with Crippen molar-refractivity contribution in [1.29, 1.82) is 0 Å². The van der Waals surface area contributed by atoms with Gasteiger partial charge < -0.3 is 15.0 Å². The minimum atomic E-state index is -0.200. The lowest BCUT2D eigenvalue weighted by Crippen LogP contribution is -2.56. The van der Waals surface area contributed by atoms with E-state index in [1.54, 1.807) is 19.2 Å². The number of likely N-dealkylation sites (N-methyl/N-ethyl adjacent to an activating group) is 1. The first-order valence-electron chi connectivity index (χ1n) is 8.31. The fourth-order valence-corrected chi connectivity index (χ4v) is 4.07. The number of benzene rings is 1. The Balaban J connectivity index is 0.00000182. The Bertz CT molecular complexity index is 705. The zero-order chi connectivity index (χ0) is 16.8. The first kappa shape index (κ1) is 18.3. The van der Waals surface area contributed by atoms with Crippen molar-refractivity contribution < 1.29 is 14.3 Å². The van der Waals surface area contributed by atoms with Gasteiger partial charge in [0.2, 0.25) is 0 Å². The number of fused-ring (bicyclic) bond motifs is 4. The number of amides is 2. The van der Waals surface area contributed by atoms with Crippen LogP contribution in [0, 0.1) is 5.92 Å². The van der Waals surface area contributed by atoms with Crippen LogP contribution in [0.15, 0.2) is 12.1 Å². The van der Waals surface area contributed by atoms with Gasteiger partial charge in [0.05, 0.1) is 17.4 Å². The average molecular weight is 386 g/mol. The van der Waals surface area contributed by atoms with Crippen molar-refractivity contribution in [2.75, 3.05) is 31.6 Å². The third-order valence-electron chi connectivity index (χ3n) is 5.30. The summed E-state index contributed by atoms with van der Waals surface area (Å²) in [5.74, 6) is 0.768. The summed E-state index contributed by atoms with van der Waals surface area (Å²) in [6.07, 6.45) is 3.50. The molecular formula is C17H21Cl2N3O3. The van der Waals surface area contributed by atoms with E-state index in [4.69, 9.17) is 16.3 Å². The highest BCUT2D eigenvalue weighted by Gasteiger charge is 2.35. The van der Waals surface area contributed by atoms with E-state index in [2.05, 4.69) is 10.2 Å². The van der Waals surface area contributed by atoms with Crippen LogP contribution in [-0.4, -0.2) is 49.6 Å². The molecule has 0 spiro atoms. The Morgan fingerprint density at radius 2 is 2.04 bits per heavy atom. The van der Waals surface area contributed by atoms with Gasteiger partial charge in [0.1, 0.15) is 0 Å². The van der Waals surface area contributed by atoms with Crippen molar-refractivity contribution in [3.8, 4) is 5.75 Å². The maximum absolute atomic E-state index is 12.8. The highest BCUT2D eigenvalue weighted by Crippen LogP contribution is 2.38. The number of hydrogen-bond donors (Lipinski definition) is 1.